The third-order valence-corrected chi connectivity index (χ3v) is 5.65. The number of rotatable bonds is 3. The van der Waals surface area contributed by atoms with Crippen molar-refractivity contribution in [2.75, 3.05) is 19.6 Å². The number of nitrogens with zero attached hydrogens (tertiary/aromatic N) is 2. The molecular weight excluding hydrogens is 305 g/mol. The van der Waals surface area contributed by atoms with Crippen molar-refractivity contribution >= 4 is 10.9 Å². The molecule has 1 aromatic carbocycles. The van der Waals surface area contributed by atoms with Crippen molar-refractivity contribution < 1.29 is 4.39 Å². The Bertz CT molecular complexity index is 774. The SMILES string of the molecule is O=c1[nH]c(C2CCN(CC3CCCC3)CC2)nc2ccc(F)cc12. The summed E-state index contributed by atoms with van der Waals surface area (Å²) in [4.78, 5) is 22.3. The Morgan fingerprint density at radius 2 is 1.92 bits per heavy atom. The second kappa shape index (κ2) is 6.63. The summed E-state index contributed by atoms with van der Waals surface area (Å²) in [6.07, 6.45) is 7.62. The summed E-state index contributed by atoms with van der Waals surface area (Å²) in [7, 11) is 0. The number of H-pyrrole nitrogens is 1. The van der Waals surface area contributed by atoms with Crippen molar-refractivity contribution in [3.8, 4) is 0 Å². The number of hydrogen-bond acceptors (Lipinski definition) is 3. The average Bonchev–Trinajstić information content (AvgIpc) is 3.09. The van der Waals surface area contributed by atoms with Gasteiger partial charge in [-0.1, -0.05) is 12.8 Å². The molecular formula is C19H24FN3O. The predicted molar refractivity (Wildman–Crippen MR) is 92.7 cm³/mol. The minimum atomic E-state index is -0.400. The molecule has 0 atom stereocenters. The van der Waals surface area contributed by atoms with Crippen LogP contribution < -0.4 is 5.56 Å². The van der Waals surface area contributed by atoms with Crippen LogP contribution in [0.15, 0.2) is 23.0 Å². The van der Waals surface area contributed by atoms with Gasteiger partial charge in [0.1, 0.15) is 11.6 Å². The molecule has 0 bridgehead atoms. The predicted octanol–water partition coefficient (Wildman–Crippen LogP) is 3.43. The van der Waals surface area contributed by atoms with E-state index >= 15 is 0 Å². The molecule has 4 rings (SSSR count). The second-order valence-electron chi connectivity index (χ2n) is 7.34. The fraction of sp³-hybridized carbons (Fsp3) is 0.579. The maximum Gasteiger partial charge on any atom is 0.258 e. The minimum absolute atomic E-state index is 0.233. The van der Waals surface area contributed by atoms with Gasteiger partial charge in [0, 0.05) is 12.5 Å². The average molecular weight is 329 g/mol. The lowest BCUT2D eigenvalue weighted by Gasteiger charge is -2.33. The topological polar surface area (TPSA) is 49.0 Å². The summed E-state index contributed by atoms with van der Waals surface area (Å²) >= 11 is 0. The Labute approximate surface area is 141 Å². The van der Waals surface area contributed by atoms with Crippen molar-refractivity contribution in [3.05, 3.63) is 40.2 Å². The van der Waals surface area contributed by atoms with E-state index in [1.165, 1.54) is 44.4 Å². The molecule has 1 N–H and O–H groups in total. The van der Waals surface area contributed by atoms with E-state index in [9.17, 15) is 9.18 Å². The van der Waals surface area contributed by atoms with E-state index in [0.717, 1.165) is 37.7 Å². The number of benzene rings is 1. The molecule has 1 saturated carbocycles. The molecule has 0 radical (unpaired) electrons. The summed E-state index contributed by atoms with van der Waals surface area (Å²) in [5, 5.41) is 0.331. The fourth-order valence-electron chi connectivity index (χ4n) is 4.27. The highest BCUT2D eigenvalue weighted by Gasteiger charge is 2.25. The highest BCUT2D eigenvalue weighted by Crippen LogP contribution is 2.30. The lowest BCUT2D eigenvalue weighted by Crippen LogP contribution is -2.36. The number of aromatic nitrogens is 2. The van der Waals surface area contributed by atoms with Crippen molar-refractivity contribution in [1.29, 1.82) is 0 Å². The Morgan fingerprint density at radius 3 is 2.67 bits per heavy atom. The third kappa shape index (κ3) is 3.22. The molecule has 1 aromatic heterocycles. The molecule has 1 aliphatic heterocycles. The maximum absolute atomic E-state index is 13.3. The lowest BCUT2D eigenvalue weighted by molar-refractivity contribution is 0.181. The van der Waals surface area contributed by atoms with Crippen LogP contribution >= 0.6 is 0 Å². The molecule has 24 heavy (non-hydrogen) atoms. The van der Waals surface area contributed by atoms with Gasteiger partial charge in [-0.15, -0.1) is 0 Å². The summed E-state index contributed by atoms with van der Waals surface area (Å²) in [5.74, 6) is 1.55. The molecule has 0 spiro atoms. The zero-order valence-corrected chi connectivity index (χ0v) is 13.9. The van der Waals surface area contributed by atoms with Gasteiger partial charge in [-0.25, -0.2) is 9.37 Å². The van der Waals surface area contributed by atoms with Crippen molar-refractivity contribution in [3.63, 3.8) is 0 Å². The standard InChI is InChI=1S/C19H24FN3O/c20-15-5-6-17-16(11-15)19(24)22-18(21-17)14-7-9-23(10-8-14)12-13-3-1-2-4-13/h5-6,11,13-14H,1-4,7-10,12H2,(H,21,22,24). The van der Waals surface area contributed by atoms with Crippen LogP contribution in [0.1, 0.15) is 50.3 Å². The normalized spacial score (nSPS) is 20.9. The Hall–Kier alpha value is -1.75. The van der Waals surface area contributed by atoms with Crippen LogP contribution in [0.3, 0.4) is 0 Å². The van der Waals surface area contributed by atoms with Crippen LogP contribution in [0, 0.1) is 11.7 Å². The molecule has 4 nitrogen and oxygen atoms in total. The first-order valence-electron chi connectivity index (χ1n) is 9.11. The monoisotopic (exact) mass is 329 g/mol. The first-order valence-corrected chi connectivity index (χ1v) is 9.11. The van der Waals surface area contributed by atoms with E-state index in [1.807, 2.05) is 0 Å². The summed E-state index contributed by atoms with van der Waals surface area (Å²) in [6.45, 7) is 3.38. The molecule has 1 saturated heterocycles. The van der Waals surface area contributed by atoms with Gasteiger partial charge in [0.15, 0.2) is 0 Å². The van der Waals surface area contributed by atoms with Gasteiger partial charge in [0.25, 0.3) is 5.56 Å². The highest BCUT2D eigenvalue weighted by atomic mass is 19.1. The van der Waals surface area contributed by atoms with Gasteiger partial charge in [0.05, 0.1) is 10.9 Å². The fourth-order valence-corrected chi connectivity index (χ4v) is 4.27. The van der Waals surface area contributed by atoms with Crippen molar-refractivity contribution in [2.24, 2.45) is 5.92 Å². The first-order chi connectivity index (χ1) is 11.7. The summed E-state index contributed by atoms with van der Waals surface area (Å²) in [5.41, 5.74) is 0.353. The number of fused-ring (bicyclic) bond motifs is 1. The molecule has 0 amide bonds. The van der Waals surface area contributed by atoms with E-state index < -0.39 is 5.82 Å². The molecule has 1 aliphatic carbocycles. The van der Waals surface area contributed by atoms with E-state index in [0.29, 0.717) is 16.8 Å². The number of nitrogens with one attached hydrogen (secondary N) is 1. The van der Waals surface area contributed by atoms with Crippen LogP contribution in [0.5, 0.6) is 0 Å². The van der Waals surface area contributed by atoms with E-state index in [2.05, 4.69) is 14.9 Å². The van der Waals surface area contributed by atoms with Gasteiger partial charge in [0.2, 0.25) is 0 Å². The van der Waals surface area contributed by atoms with Gasteiger partial charge < -0.3 is 9.88 Å². The van der Waals surface area contributed by atoms with Crippen LogP contribution in [-0.4, -0.2) is 34.5 Å². The summed E-state index contributed by atoms with van der Waals surface area (Å²) < 4.78 is 13.3. The molecule has 128 valence electrons. The highest BCUT2D eigenvalue weighted by molar-refractivity contribution is 5.77. The molecule has 2 fully saturated rings. The van der Waals surface area contributed by atoms with Gasteiger partial charge in [-0.3, -0.25) is 4.79 Å². The quantitative estimate of drug-likeness (QED) is 0.938. The van der Waals surface area contributed by atoms with Gasteiger partial charge in [-0.2, -0.15) is 0 Å². The second-order valence-corrected chi connectivity index (χ2v) is 7.34. The zero-order chi connectivity index (χ0) is 16.5. The number of aromatic amines is 1. The molecule has 0 unspecified atom stereocenters. The van der Waals surface area contributed by atoms with E-state index in [4.69, 9.17) is 0 Å². The Morgan fingerprint density at radius 1 is 1.17 bits per heavy atom. The van der Waals surface area contributed by atoms with E-state index in [1.54, 1.807) is 6.07 Å². The number of piperidine rings is 1. The van der Waals surface area contributed by atoms with Gasteiger partial charge >= 0.3 is 0 Å². The lowest BCUT2D eigenvalue weighted by atomic mass is 9.94. The van der Waals surface area contributed by atoms with Crippen LogP contribution in [0.2, 0.25) is 0 Å². The van der Waals surface area contributed by atoms with Crippen LogP contribution in [0.25, 0.3) is 10.9 Å². The zero-order valence-electron chi connectivity index (χ0n) is 13.9. The minimum Gasteiger partial charge on any atom is -0.310 e. The number of halogens is 1. The molecule has 5 heteroatoms. The number of likely N-dealkylation sites (tertiary alicyclic amines) is 1. The summed E-state index contributed by atoms with van der Waals surface area (Å²) in [6, 6.07) is 4.22. The Kier molecular flexibility index (Phi) is 4.35. The molecule has 2 aliphatic rings. The van der Waals surface area contributed by atoms with E-state index in [-0.39, 0.29) is 5.56 Å². The Balaban J connectivity index is 1.46. The first kappa shape index (κ1) is 15.8. The molecule has 2 aromatic rings. The van der Waals surface area contributed by atoms with Gasteiger partial charge in [-0.05, 0) is 62.9 Å². The largest absolute Gasteiger partial charge is 0.310 e. The molecule has 2 heterocycles. The maximum atomic E-state index is 13.3. The van der Waals surface area contributed by atoms with Crippen molar-refractivity contribution in [2.45, 2.75) is 44.4 Å². The van der Waals surface area contributed by atoms with Crippen molar-refractivity contribution in [1.82, 2.24) is 14.9 Å². The third-order valence-electron chi connectivity index (χ3n) is 5.65. The van der Waals surface area contributed by atoms with Crippen LogP contribution in [0.4, 0.5) is 4.39 Å². The number of hydrogen-bond donors (Lipinski definition) is 1. The van der Waals surface area contributed by atoms with Crippen LogP contribution in [-0.2, 0) is 0 Å². The smallest absolute Gasteiger partial charge is 0.258 e.